The highest BCUT2D eigenvalue weighted by atomic mass is 19.1. The van der Waals surface area contributed by atoms with Gasteiger partial charge >= 0.3 is 0 Å². The number of rotatable bonds is 5. The van der Waals surface area contributed by atoms with Gasteiger partial charge in [-0.3, -0.25) is 5.41 Å². The molecule has 0 aliphatic carbocycles. The highest BCUT2D eigenvalue weighted by Crippen LogP contribution is 2.20. The molecule has 0 heterocycles. The number of nitrogens with zero attached hydrogens (tertiary/aromatic N) is 1. The molecule has 3 N–H and O–H groups in total. The SMILES string of the molecule is CN(C)c1cccc(OCc2cc(F)cc(C(=N)N)c2)c1. The van der Waals surface area contributed by atoms with E-state index in [2.05, 4.69) is 0 Å². The van der Waals surface area contributed by atoms with E-state index < -0.39 is 5.82 Å². The van der Waals surface area contributed by atoms with Crippen LogP contribution in [-0.2, 0) is 6.61 Å². The molecule has 0 atom stereocenters. The summed E-state index contributed by atoms with van der Waals surface area (Å²) < 4.78 is 19.1. The summed E-state index contributed by atoms with van der Waals surface area (Å²) in [5.74, 6) is 0.114. The first-order valence-corrected chi connectivity index (χ1v) is 6.50. The van der Waals surface area contributed by atoms with Gasteiger partial charge in [-0.2, -0.15) is 0 Å². The Bertz CT molecular complexity index is 656. The van der Waals surface area contributed by atoms with Crippen LogP contribution in [-0.4, -0.2) is 19.9 Å². The van der Waals surface area contributed by atoms with E-state index in [1.54, 1.807) is 6.07 Å². The third-order valence-electron chi connectivity index (χ3n) is 3.01. The van der Waals surface area contributed by atoms with Crippen molar-refractivity contribution in [2.45, 2.75) is 6.61 Å². The summed E-state index contributed by atoms with van der Waals surface area (Å²) >= 11 is 0. The quantitative estimate of drug-likeness (QED) is 0.656. The largest absolute Gasteiger partial charge is 0.489 e. The molecule has 0 unspecified atom stereocenters. The van der Waals surface area contributed by atoms with Crippen molar-refractivity contribution in [2.24, 2.45) is 5.73 Å². The van der Waals surface area contributed by atoms with Crippen LogP contribution in [0.25, 0.3) is 0 Å². The summed E-state index contributed by atoms with van der Waals surface area (Å²) in [6.07, 6.45) is 0. The summed E-state index contributed by atoms with van der Waals surface area (Å²) in [7, 11) is 3.90. The van der Waals surface area contributed by atoms with Gasteiger partial charge in [0.05, 0.1) is 0 Å². The number of benzene rings is 2. The lowest BCUT2D eigenvalue weighted by molar-refractivity contribution is 0.305. The van der Waals surface area contributed by atoms with Crippen LogP contribution in [0.4, 0.5) is 10.1 Å². The van der Waals surface area contributed by atoms with Gasteiger partial charge in [0, 0.05) is 31.4 Å². The molecule has 5 heteroatoms. The lowest BCUT2D eigenvalue weighted by atomic mass is 10.1. The second-order valence-corrected chi connectivity index (χ2v) is 4.94. The average Bonchev–Trinajstić information content (AvgIpc) is 2.45. The molecule has 0 saturated heterocycles. The molecule has 2 aromatic carbocycles. The van der Waals surface area contributed by atoms with Gasteiger partial charge in [0.25, 0.3) is 0 Å². The van der Waals surface area contributed by atoms with Gasteiger partial charge in [0.2, 0.25) is 0 Å². The Balaban J connectivity index is 2.13. The van der Waals surface area contributed by atoms with Crippen molar-refractivity contribution in [1.82, 2.24) is 0 Å². The molecule has 0 aromatic heterocycles. The maximum atomic E-state index is 13.5. The van der Waals surface area contributed by atoms with Crippen molar-refractivity contribution in [2.75, 3.05) is 19.0 Å². The Morgan fingerprint density at radius 1 is 1.24 bits per heavy atom. The second-order valence-electron chi connectivity index (χ2n) is 4.94. The van der Waals surface area contributed by atoms with Crippen molar-refractivity contribution < 1.29 is 9.13 Å². The molecule has 21 heavy (non-hydrogen) atoms. The molecule has 2 rings (SSSR count). The monoisotopic (exact) mass is 287 g/mol. The number of amidine groups is 1. The first-order chi connectivity index (χ1) is 9.95. The number of hydrogen-bond acceptors (Lipinski definition) is 3. The maximum absolute atomic E-state index is 13.5. The molecular formula is C16H18FN3O. The zero-order valence-corrected chi connectivity index (χ0v) is 12.1. The fraction of sp³-hybridized carbons (Fsp3) is 0.188. The third kappa shape index (κ3) is 3.95. The van der Waals surface area contributed by atoms with Crippen LogP contribution in [0.5, 0.6) is 5.75 Å². The number of halogens is 1. The van der Waals surface area contributed by atoms with E-state index in [1.165, 1.54) is 12.1 Å². The minimum absolute atomic E-state index is 0.162. The molecule has 0 bridgehead atoms. The smallest absolute Gasteiger partial charge is 0.124 e. The van der Waals surface area contributed by atoms with Crippen molar-refractivity contribution in [3.05, 3.63) is 59.4 Å². The van der Waals surface area contributed by atoms with Crippen LogP contribution >= 0.6 is 0 Å². The third-order valence-corrected chi connectivity index (χ3v) is 3.01. The number of nitrogens with two attached hydrogens (primary N) is 1. The Morgan fingerprint density at radius 3 is 2.67 bits per heavy atom. The first-order valence-electron chi connectivity index (χ1n) is 6.50. The van der Waals surface area contributed by atoms with E-state index in [4.69, 9.17) is 15.9 Å². The molecule has 0 radical (unpaired) electrons. The standard InChI is InChI=1S/C16H18FN3O/c1-20(2)14-4-3-5-15(9-14)21-10-11-6-12(16(18)19)8-13(17)7-11/h3-9H,10H2,1-2H3,(H3,18,19). The summed E-state index contributed by atoms with van der Waals surface area (Å²) in [4.78, 5) is 1.98. The minimum atomic E-state index is -0.427. The number of anilines is 1. The van der Waals surface area contributed by atoms with Gasteiger partial charge in [-0.25, -0.2) is 4.39 Å². The summed E-state index contributed by atoms with van der Waals surface area (Å²) in [6, 6.07) is 11.9. The van der Waals surface area contributed by atoms with E-state index >= 15 is 0 Å². The van der Waals surface area contributed by atoms with Crippen molar-refractivity contribution >= 4 is 11.5 Å². The minimum Gasteiger partial charge on any atom is -0.489 e. The normalized spacial score (nSPS) is 10.2. The summed E-state index contributed by atoms with van der Waals surface area (Å²) in [5, 5.41) is 7.37. The zero-order valence-electron chi connectivity index (χ0n) is 12.1. The first kappa shape index (κ1) is 14.8. The van der Waals surface area contributed by atoms with E-state index in [-0.39, 0.29) is 12.4 Å². The van der Waals surface area contributed by atoms with E-state index in [0.717, 1.165) is 5.69 Å². The number of nitrogen functional groups attached to an aromatic ring is 1. The maximum Gasteiger partial charge on any atom is 0.124 e. The Morgan fingerprint density at radius 2 is 2.00 bits per heavy atom. The molecule has 0 saturated carbocycles. The molecule has 0 amide bonds. The van der Waals surface area contributed by atoms with E-state index in [0.29, 0.717) is 16.9 Å². The molecule has 2 aromatic rings. The lowest BCUT2D eigenvalue weighted by Gasteiger charge is -2.14. The predicted molar refractivity (Wildman–Crippen MR) is 82.5 cm³/mol. The molecule has 0 spiro atoms. The van der Waals surface area contributed by atoms with Gasteiger partial charge in [-0.1, -0.05) is 6.07 Å². The van der Waals surface area contributed by atoms with Crippen LogP contribution in [0.2, 0.25) is 0 Å². The molecule has 0 aliphatic heterocycles. The lowest BCUT2D eigenvalue weighted by Crippen LogP contribution is -2.12. The zero-order chi connectivity index (χ0) is 15.4. The van der Waals surface area contributed by atoms with Gasteiger partial charge in [0.1, 0.15) is 24.0 Å². The topological polar surface area (TPSA) is 62.3 Å². The second kappa shape index (κ2) is 6.26. The number of ether oxygens (including phenoxy) is 1. The number of nitrogens with one attached hydrogen (secondary N) is 1. The average molecular weight is 287 g/mol. The van der Waals surface area contributed by atoms with Crippen LogP contribution in [0.1, 0.15) is 11.1 Å². The van der Waals surface area contributed by atoms with Crippen LogP contribution in [0.15, 0.2) is 42.5 Å². The Kier molecular flexibility index (Phi) is 4.42. The molecule has 0 fully saturated rings. The molecule has 0 aliphatic rings. The number of hydrogen-bond donors (Lipinski definition) is 2. The highest BCUT2D eigenvalue weighted by Gasteiger charge is 2.05. The Hall–Kier alpha value is -2.56. The van der Waals surface area contributed by atoms with E-state index in [1.807, 2.05) is 43.3 Å². The Labute approximate surface area is 123 Å². The van der Waals surface area contributed by atoms with Gasteiger partial charge in [-0.05, 0) is 35.9 Å². The van der Waals surface area contributed by atoms with Crippen LogP contribution < -0.4 is 15.4 Å². The van der Waals surface area contributed by atoms with Crippen molar-refractivity contribution in [3.63, 3.8) is 0 Å². The highest BCUT2D eigenvalue weighted by molar-refractivity contribution is 5.95. The fourth-order valence-corrected chi connectivity index (χ4v) is 1.91. The van der Waals surface area contributed by atoms with Crippen molar-refractivity contribution in [3.8, 4) is 5.75 Å². The van der Waals surface area contributed by atoms with Gasteiger partial charge < -0.3 is 15.4 Å². The fourth-order valence-electron chi connectivity index (χ4n) is 1.91. The van der Waals surface area contributed by atoms with Gasteiger partial charge in [0.15, 0.2) is 0 Å². The summed E-state index contributed by atoms with van der Waals surface area (Å²) in [5.41, 5.74) is 7.40. The molecule has 110 valence electrons. The molecule has 4 nitrogen and oxygen atoms in total. The van der Waals surface area contributed by atoms with Gasteiger partial charge in [-0.15, -0.1) is 0 Å². The summed E-state index contributed by atoms with van der Waals surface area (Å²) in [6.45, 7) is 0.217. The van der Waals surface area contributed by atoms with E-state index in [9.17, 15) is 4.39 Å². The van der Waals surface area contributed by atoms with Crippen molar-refractivity contribution in [1.29, 1.82) is 5.41 Å². The molecular weight excluding hydrogens is 269 g/mol. The van der Waals surface area contributed by atoms with Crippen LogP contribution in [0.3, 0.4) is 0 Å². The van der Waals surface area contributed by atoms with Crippen LogP contribution in [0, 0.1) is 11.2 Å². The predicted octanol–water partition coefficient (Wildman–Crippen LogP) is 2.75.